The van der Waals surface area contributed by atoms with Crippen molar-refractivity contribution in [1.82, 2.24) is 18.3 Å². The van der Waals surface area contributed by atoms with E-state index in [-0.39, 0.29) is 16.8 Å². The fraction of sp³-hybridized carbons (Fsp3) is 0.308. The second kappa shape index (κ2) is 10.5. The molecule has 0 atom stereocenters. The molecule has 0 N–H and O–H groups in total. The van der Waals surface area contributed by atoms with Crippen molar-refractivity contribution < 1.29 is 9.36 Å². The molecule has 14 heteroatoms. The highest BCUT2D eigenvalue weighted by atomic mass is 36.0. The van der Waals surface area contributed by atoms with Crippen molar-refractivity contribution in [1.29, 1.82) is 0 Å². The Morgan fingerprint density at radius 2 is 1.33 bits per heavy atom. The first kappa shape index (κ1) is 25.1. The number of aldehydes is 1. The third-order valence-corrected chi connectivity index (χ3v) is 2.96. The molecule has 0 aromatic carbocycles. The lowest BCUT2D eigenvalue weighted by Gasteiger charge is -2.00. The third-order valence-electron chi connectivity index (χ3n) is 2.96. The van der Waals surface area contributed by atoms with Gasteiger partial charge < -0.3 is 9.13 Å². The molecule has 0 saturated carbocycles. The van der Waals surface area contributed by atoms with E-state index in [9.17, 15) is 28.5 Å². The highest BCUT2D eigenvalue weighted by molar-refractivity contribution is 8.24. The molecule has 0 aliphatic heterocycles. The Bertz CT molecular complexity index is 1090. The summed E-state index contributed by atoms with van der Waals surface area (Å²) in [6, 6.07) is 1.35. The van der Waals surface area contributed by atoms with Crippen molar-refractivity contribution in [2.24, 2.45) is 28.2 Å². The fourth-order valence-corrected chi connectivity index (χ4v) is 1.60. The Labute approximate surface area is 166 Å². The molecule has 0 bridgehead atoms. The van der Waals surface area contributed by atoms with E-state index in [4.69, 9.17) is 0 Å². The number of halogens is 3. The number of aryl methyl sites for hydroxylation is 2. The smallest absolute Gasteiger partial charge is 0.303 e. The SMILES string of the molecule is Cn1cc(C=O)c(=O)n(C)c1=O.Cn1ccc(=O)n(C)c1=O.O=P(Cl)(Cl)Cl. The van der Waals surface area contributed by atoms with Crippen molar-refractivity contribution in [3.63, 3.8) is 0 Å². The van der Waals surface area contributed by atoms with Gasteiger partial charge in [-0.05, 0) is 33.7 Å². The largest absolute Gasteiger partial charge is 0.339 e. The maximum atomic E-state index is 11.1. The standard InChI is InChI=1S/C7H8N2O3.C6H8N2O2.Cl3OP/c1-8-3-5(4-10)6(11)9(2)7(8)12;1-7-4-3-5(9)8(2)6(7)10;1-5(2,3)4/h3-4H,1-2H3;3-4H,1-2H3;. The summed E-state index contributed by atoms with van der Waals surface area (Å²) in [5.74, 6) is 0. The van der Waals surface area contributed by atoms with E-state index in [1.807, 2.05) is 0 Å². The molecule has 0 saturated heterocycles. The summed E-state index contributed by atoms with van der Waals surface area (Å²) in [6.45, 7) is 0. The highest BCUT2D eigenvalue weighted by Crippen LogP contribution is 2.61. The van der Waals surface area contributed by atoms with Crippen molar-refractivity contribution in [2.45, 2.75) is 0 Å². The second-order valence-electron chi connectivity index (χ2n) is 4.97. The molecule has 0 radical (unpaired) electrons. The molecule has 0 fully saturated rings. The van der Waals surface area contributed by atoms with Gasteiger partial charge in [0, 0.05) is 46.7 Å². The van der Waals surface area contributed by atoms with Gasteiger partial charge >= 0.3 is 16.6 Å². The minimum atomic E-state index is -3.22. The molecule has 0 aliphatic carbocycles. The molecule has 2 aromatic heterocycles. The molecule has 2 rings (SSSR count). The molecule has 2 aromatic rings. The van der Waals surface area contributed by atoms with Gasteiger partial charge in [0.25, 0.3) is 11.1 Å². The summed E-state index contributed by atoms with van der Waals surface area (Å²) >= 11 is 13.8. The molecule has 0 unspecified atom stereocenters. The summed E-state index contributed by atoms with van der Waals surface area (Å²) in [7, 11) is 5.86. The summed E-state index contributed by atoms with van der Waals surface area (Å²) < 4.78 is 14.0. The van der Waals surface area contributed by atoms with Crippen LogP contribution in [0.5, 0.6) is 0 Å². The zero-order valence-electron chi connectivity index (χ0n) is 14.6. The van der Waals surface area contributed by atoms with Crippen LogP contribution in [-0.2, 0) is 32.8 Å². The maximum absolute atomic E-state index is 11.1. The van der Waals surface area contributed by atoms with E-state index in [2.05, 4.69) is 33.7 Å². The van der Waals surface area contributed by atoms with Crippen LogP contribution in [-0.4, -0.2) is 24.6 Å². The van der Waals surface area contributed by atoms with Gasteiger partial charge in [0.05, 0.1) is 5.56 Å². The molecule has 0 aliphatic rings. The molecule has 0 amide bonds. The Balaban J connectivity index is 0.000000408. The van der Waals surface area contributed by atoms with Crippen LogP contribution in [0.3, 0.4) is 0 Å². The van der Waals surface area contributed by atoms with Crippen LogP contribution in [0.4, 0.5) is 0 Å². The van der Waals surface area contributed by atoms with Gasteiger partial charge in [-0.15, -0.1) is 0 Å². The zero-order chi connectivity index (χ0) is 21.5. The molecule has 10 nitrogen and oxygen atoms in total. The third kappa shape index (κ3) is 8.57. The summed E-state index contributed by atoms with van der Waals surface area (Å²) in [5.41, 5.74) is -1.59. The lowest BCUT2D eigenvalue weighted by atomic mass is 10.4. The Kier molecular flexibility index (Phi) is 9.74. The van der Waals surface area contributed by atoms with Crippen molar-refractivity contribution in [2.75, 3.05) is 0 Å². The monoisotopic (exact) mass is 460 g/mol. The number of aromatic nitrogens is 4. The van der Waals surface area contributed by atoms with Crippen LogP contribution < -0.4 is 22.5 Å². The number of carbonyl (C=O) groups is 1. The molecular formula is C13H16Cl3N4O6P. The van der Waals surface area contributed by atoms with E-state index in [1.54, 1.807) is 7.05 Å². The number of carbonyl (C=O) groups excluding carboxylic acids is 1. The normalized spacial score (nSPS) is 10.2. The molecule has 2 heterocycles. The molecule has 0 spiro atoms. The highest BCUT2D eigenvalue weighted by Gasteiger charge is 2.04. The van der Waals surface area contributed by atoms with Gasteiger partial charge in [-0.1, -0.05) is 0 Å². The van der Waals surface area contributed by atoms with Crippen LogP contribution in [0.15, 0.2) is 37.6 Å². The molecular weight excluding hydrogens is 445 g/mol. The van der Waals surface area contributed by atoms with Crippen molar-refractivity contribution in [3.05, 3.63) is 65.7 Å². The van der Waals surface area contributed by atoms with Gasteiger partial charge in [-0.2, -0.15) is 0 Å². The van der Waals surface area contributed by atoms with E-state index >= 15 is 0 Å². The minimum absolute atomic E-state index is 0.0143. The number of hydrogen-bond donors (Lipinski definition) is 0. The van der Waals surface area contributed by atoms with Gasteiger partial charge in [0.1, 0.15) is 0 Å². The van der Waals surface area contributed by atoms with Crippen LogP contribution in [0.2, 0.25) is 0 Å². The molecule has 27 heavy (non-hydrogen) atoms. The first-order chi connectivity index (χ1) is 12.2. The van der Waals surface area contributed by atoms with Gasteiger partial charge in [0.15, 0.2) is 6.29 Å². The second-order valence-corrected chi connectivity index (χ2v) is 11.6. The Morgan fingerprint density at radius 3 is 1.74 bits per heavy atom. The Hall–Kier alpha value is -1.87. The van der Waals surface area contributed by atoms with Crippen molar-refractivity contribution >= 4 is 45.2 Å². The number of hydrogen-bond acceptors (Lipinski definition) is 6. The summed E-state index contributed by atoms with van der Waals surface area (Å²) in [6.07, 6.45) is 3.10. The average Bonchev–Trinajstić information content (AvgIpc) is 2.57. The quantitative estimate of drug-likeness (QED) is 0.457. The number of rotatable bonds is 1. The minimum Gasteiger partial charge on any atom is -0.303 e. The fourth-order valence-electron chi connectivity index (χ4n) is 1.60. The average molecular weight is 462 g/mol. The molecule has 150 valence electrons. The first-order valence-corrected chi connectivity index (χ1v) is 11.3. The van der Waals surface area contributed by atoms with Crippen LogP contribution in [0.1, 0.15) is 10.4 Å². The predicted octanol–water partition coefficient (Wildman–Crippen LogP) is 0.791. The van der Waals surface area contributed by atoms with Gasteiger partial charge in [-0.3, -0.25) is 28.1 Å². The Morgan fingerprint density at radius 1 is 0.889 bits per heavy atom. The predicted molar refractivity (Wildman–Crippen MR) is 104 cm³/mol. The van der Waals surface area contributed by atoms with E-state index in [1.165, 1.54) is 48.7 Å². The lowest BCUT2D eigenvalue weighted by Crippen LogP contribution is -2.38. The zero-order valence-corrected chi connectivity index (χ0v) is 17.8. The van der Waals surface area contributed by atoms with E-state index in [0.717, 1.165) is 9.13 Å². The van der Waals surface area contributed by atoms with Crippen LogP contribution in [0.25, 0.3) is 0 Å². The number of nitrogens with zero attached hydrogens (tertiary/aromatic N) is 4. The summed E-state index contributed by atoms with van der Waals surface area (Å²) in [5, 5.41) is -3.22. The first-order valence-electron chi connectivity index (χ1n) is 6.84. The summed E-state index contributed by atoms with van der Waals surface area (Å²) in [4.78, 5) is 54.1. The van der Waals surface area contributed by atoms with Gasteiger partial charge in [-0.25, -0.2) is 9.59 Å². The van der Waals surface area contributed by atoms with Crippen LogP contribution >= 0.6 is 38.9 Å². The lowest BCUT2D eigenvalue weighted by molar-refractivity contribution is 0.112. The van der Waals surface area contributed by atoms with E-state index in [0.29, 0.717) is 6.29 Å². The van der Waals surface area contributed by atoms with Crippen LogP contribution in [0, 0.1) is 0 Å². The maximum Gasteiger partial charge on any atom is 0.339 e. The van der Waals surface area contributed by atoms with Gasteiger partial charge in [0.2, 0.25) is 0 Å². The van der Waals surface area contributed by atoms with Crippen molar-refractivity contribution in [3.8, 4) is 0 Å². The topological polar surface area (TPSA) is 122 Å². The van der Waals surface area contributed by atoms with E-state index < -0.39 is 16.4 Å².